The zero-order chi connectivity index (χ0) is 14.8. The second-order valence-corrected chi connectivity index (χ2v) is 5.23. The van der Waals surface area contributed by atoms with Crippen molar-refractivity contribution in [2.45, 2.75) is 20.0 Å². The van der Waals surface area contributed by atoms with Crippen molar-refractivity contribution in [1.29, 1.82) is 0 Å². The number of benzene rings is 1. The number of hydrogen-bond acceptors (Lipinski definition) is 6. The summed E-state index contributed by atoms with van der Waals surface area (Å²) in [6, 6.07) is 5.68. The minimum atomic E-state index is -0.127. The van der Waals surface area contributed by atoms with E-state index in [9.17, 15) is 0 Å². The van der Waals surface area contributed by atoms with Gasteiger partial charge in [-0.25, -0.2) is 0 Å². The van der Waals surface area contributed by atoms with Crippen molar-refractivity contribution < 1.29 is 9.26 Å². The Morgan fingerprint density at radius 1 is 1.43 bits per heavy atom. The van der Waals surface area contributed by atoms with Gasteiger partial charge in [-0.2, -0.15) is 4.98 Å². The summed E-state index contributed by atoms with van der Waals surface area (Å²) < 4.78 is 11.1. The third-order valence-corrected chi connectivity index (χ3v) is 3.93. The molecule has 112 valence electrons. The predicted molar refractivity (Wildman–Crippen MR) is 79.7 cm³/mol. The first-order valence-electron chi connectivity index (χ1n) is 7.22. The third kappa shape index (κ3) is 2.77. The number of anilines is 1. The van der Waals surface area contributed by atoms with Crippen LogP contribution in [0.25, 0.3) is 11.5 Å². The number of nitrogen functional groups attached to an aromatic ring is 1. The van der Waals surface area contributed by atoms with Crippen LogP contribution in [0.15, 0.2) is 22.7 Å². The normalized spacial score (nSPS) is 19.8. The molecule has 0 spiro atoms. The number of hydrogen-bond donors (Lipinski definition) is 1. The second-order valence-electron chi connectivity index (χ2n) is 5.23. The first-order valence-corrected chi connectivity index (χ1v) is 7.22. The van der Waals surface area contributed by atoms with E-state index < -0.39 is 0 Å². The molecule has 6 nitrogen and oxygen atoms in total. The van der Waals surface area contributed by atoms with Crippen molar-refractivity contribution >= 4 is 5.69 Å². The minimum Gasteiger partial charge on any atom is -0.398 e. The Morgan fingerprint density at radius 2 is 2.29 bits per heavy atom. The van der Waals surface area contributed by atoms with E-state index in [2.05, 4.69) is 22.0 Å². The highest BCUT2D eigenvalue weighted by atomic mass is 16.5. The molecule has 2 N–H and O–H groups in total. The van der Waals surface area contributed by atoms with Crippen LogP contribution in [0.1, 0.15) is 24.4 Å². The molecule has 1 aromatic heterocycles. The average Bonchev–Trinajstić information content (AvgIpc) is 3.00. The molecule has 1 aliphatic heterocycles. The zero-order valence-electron chi connectivity index (χ0n) is 12.4. The van der Waals surface area contributed by atoms with E-state index >= 15 is 0 Å². The molecular weight excluding hydrogens is 268 g/mol. The van der Waals surface area contributed by atoms with Crippen LogP contribution in [0.2, 0.25) is 0 Å². The van der Waals surface area contributed by atoms with Crippen LogP contribution in [-0.4, -0.2) is 41.3 Å². The van der Waals surface area contributed by atoms with Crippen LogP contribution in [0.5, 0.6) is 0 Å². The van der Waals surface area contributed by atoms with Crippen LogP contribution >= 0.6 is 0 Å². The maximum atomic E-state index is 5.92. The smallest absolute Gasteiger partial charge is 0.258 e. The quantitative estimate of drug-likeness (QED) is 0.871. The molecular formula is C15H20N4O2. The summed E-state index contributed by atoms with van der Waals surface area (Å²) in [5.74, 6) is 1.09. The van der Waals surface area contributed by atoms with Gasteiger partial charge >= 0.3 is 0 Å². The number of aromatic nitrogens is 2. The molecule has 3 rings (SSSR count). The highest BCUT2D eigenvalue weighted by Gasteiger charge is 2.26. The topological polar surface area (TPSA) is 77.4 Å². The van der Waals surface area contributed by atoms with Crippen molar-refractivity contribution in [3.63, 3.8) is 0 Å². The lowest BCUT2D eigenvalue weighted by molar-refractivity contribution is -0.0334. The monoisotopic (exact) mass is 288 g/mol. The van der Waals surface area contributed by atoms with Gasteiger partial charge in [0, 0.05) is 24.3 Å². The summed E-state index contributed by atoms with van der Waals surface area (Å²) in [6.07, 6.45) is -0.127. The molecule has 0 saturated carbocycles. The number of morpholine rings is 1. The molecule has 2 aromatic rings. The number of ether oxygens (including phenoxy) is 1. The van der Waals surface area contributed by atoms with Crippen molar-refractivity contribution in [2.75, 3.05) is 32.0 Å². The molecule has 1 atom stereocenters. The summed E-state index contributed by atoms with van der Waals surface area (Å²) in [6.45, 7) is 7.53. The third-order valence-electron chi connectivity index (χ3n) is 3.93. The molecule has 0 amide bonds. The van der Waals surface area contributed by atoms with Crippen LogP contribution < -0.4 is 5.73 Å². The summed E-state index contributed by atoms with van der Waals surface area (Å²) in [5.41, 5.74) is 8.47. The molecule has 1 aliphatic rings. The Morgan fingerprint density at radius 3 is 3.10 bits per heavy atom. The van der Waals surface area contributed by atoms with E-state index in [0.717, 1.165) is 36.4 Å². The summed E-state index contributed by atoms with van der Waals surface area (Å²) in [4.78, 5) is 6.81. The largest absolute Gasteiger partial charge is 0.398 e. The number of likely N-dealkylation sites (N-methyl/N-ethyl adjacent to an activating group) is 1. The van der Waals surface area contributed by atoms with Crippen LogP contribution in [-0.2, 0) is 4.74 Å². The Balaban J connectivity index is 1.85. The molecule has 2 heterocycles. The van der Waals surface area contributed by atoms with Gasteiger partial charge in [-0.15, -0.1) is 0 Å². The van der Waals surface area contributed by atoms with E-state index in [1.54, 1.807) is 0 Å². The van der Waals surface area contributed by atoms with Gasteiger partial charge in [0.25, 0.3) is 5.89 Å². The first-order chi connectivity index (χ1) is 10.2. The Bertz CT molecular complexity index is 626. The average molecular weight is 288 g/mol. The summed E-state index contributed by atoms with van der Waals surface area (Å²) >= 11 is 0. The van der Waals surface area contributed by atoms with Crippen LogP contribution in [0.4, 0.5) is 5.69 Å². The van der Waals surface area contributed by atoms with Gasteiger partial charge < -0.3 is 15.0 Å². The highest BCUT2D eigenvalue weighted by Crippen LogP contribution is 2.27. The first kappa shape index (κ1) is 14.0. The lowest BCUT2D eigenvalue weighted by atomic mass is 10.1. The van der Waals surface area contributed by atoms with Gasteiger partial charge in [0.2, 0.25) is 5.82 Å². The lowest BCUT2D eigenvalue weighted by Crippen LogP contribution is -2.38. The summed E-state index contributed by atoms with van der Waals surface area (Å²) in [7, 11) is 0. The molecule has 0 bridgehead atoms. The van der Waals surface area contributed by atoms with E-state index in [0.29, 0.717) is 18.3 Å². The Hall–Kier alpha value is -1.92. The van der Waals surface area contributed by atoms with E-state index in [-0.39, 0.29) is 6.10 Å². The van der Waals surface area contributed by atoms with Gasteiger partial charge in [-0.3, -0.25) is 4.90 Å². The molecule has 0 radical (unpaired) electrons. The van der Waals surface area contributed by atoms with Crippen molar-refractivity contribution in [3.05, 3.63) is 29.6 Å². The minimum absolute atomic E-state index is 0.127. The van der Waals surface area contributed by atoms with Gasteiger partial charge in [-0.1, -0.05) is 18.1 Å². The number of nitrogens with zero attached hydrogens (tertiary/aromatic N) is 3. The van der Waals surface area contributed by atoms with Gasteiger partial charge in [0.1, 0.15) is 6.10 Å². The van der Waals surface area contributed by atoms with Gasteiger partial charge in [0.05, 0.1) is 6.61 Å². The zero-order valence-corrected chi connectivity index (χ0v) is 12.4. The van der Waals surface area contributed by atoms with Crippen molar-refractivity contribution in [1.82, 2.24) is 15.0 Å². The number of nitrogens with two attached hydrogens (primary N) is 1. The fourth-order valence-corrected chi connectivity index (χ4v) is 2.51. The molecule has 1 unspecified atom stereocenters. The van der Waals surface area contributed by atoms with Crippen molar-refractivity contribution in [3.8, 4) is 11.5 Å². The van der Waals surface area contributed by atoms with E-state index in [1.807, 2.05) is 25.1 Å². The van der Waals surface area contributed by atoms with Gasteiger partial charge in [0.15, 0.2) is 0 Å². The molecule has 1 aromatic carbocycles. The fraction of sp³-hybridized carbons (Fsp3) is 0.467. The lowest BCUT2D eigenvalue weighted by Gasteiger charge is -2.30. The highest BCUT2D eigenvalue weighted by molar-refractivity contribution is 5.66. The second kappa shape index (κ2) is 5.83. The molecule has 21 heavy (non-hydrogen) atoms. The SMILES string of the molecule is CCN1CCOC(c2noc(-c3cccc(N)c3C)n2)C1. The Labute approximate surface area is 123 Å². The Kier molecular flexibility index (Phi) is 3.90. The van der Waals surface area contributed by atoms with E-state index in [4.69, 9.17) is 15.0 Å². The van der Waals surface area contributed by atoms with Crippen LogP contribution in [0.3, 0.4) is 0 Å². The molecule has 1 fully saturated rings. The molecule has 1 saturated heterocycles. The van der Waals surface area contributed by atoms with E-state index in [1.165, 1.54) is 0 Å². The predicted octanol–water partition coefficient (Wildman–Crippen LogP) is 2.02. The summed E-state index contributed by atoms with van der Waals surface area (Å²) in [5, 5.41) is 4.08. The van der Waals surface area contributed by atoms with Gasteiger partial charge in [-0.05, 0) is 31.2 Å². The van der Waals surface area contributed by atoms with Crippen molar-refractivity contribution in [2.24, 2.45) is 0 Å². The standard InChI is InChI=1S/C15H20N4O2/c1-3-19-7-8-20-13(9-19)14-17-15(21-18-14)11-5-4-6-12(16)10(11)2/h4-6,13H,3,7-9,16H2,1-2H3. The molecule has 6 heteroatoms. The number of rotatable bonds is 3. The maximum Gasteiger partial charge on any atom is 0.258 e. The molecule has 0 aliphatic carbocycles. The fourth-order valence-electron chi connectivity index (χ4n) is 2.51. The van der Waals surface area contributed by atoms with Crippen LogP contribution in [0, 0.1) is 6.92 Å². The maximum absolute atomic E-state index is 5.92.